The Morgan fingerprint density at radius 3 is 2.56 bits per heavy atom. The molecule has 102 valence electrons. The van der Waals surface area contributed by atoms with Gasteiger partial charge < -0.3 is 10.5 Å². The Morgan fingerprint density at radius 1 is 1.33 bits per heavy atom. The number of ether oxygens (including phenoxy) is 1. The van der Waals surface area contributed by atoms with E-state index >= 15 is 0 Å². The third kappa shape index (κ3) is 3.89. The van der Waals surface area contributed by atoms with E-state index in [0.29, 0.717) is 12.0 Å². The van der Waals surface area contributed by atoms with Crippen molar-refractivity contribution < 1.29 is 4.74 Å². The van der Waals surface area contributed by atoms with Gasteiger partial charge in [-0.05, 0) is 55.4 Å². The van der Waals surface area contributed by atoms with Crippen molar-refractivity contribution in [2.45, 2.75) is 52.0 Å². The summed E-state index contributed by atoms with van der Waals surface area (Å²) >= 11 is 6.20. The van der Waals surface area contributed by atoms with Crippen LogP contribution >= 0.6 is 11.6 Å². The maximum atomic E-state index is 6.20. The summed E-state index contributed by atoms with van der Waals surface area (Å²) in [6.07, 6.45) is 3.12. The first-order chi connectivity index (χ1) is 8.49. The molecule has 0 bridgehead atoms. The molecule has 0 heterocycles. The average molecular weight is 270 g/mol. The lowest BCUT2D eigenvalue weighted by Gasteiger charge is -2.18. The highest BCUT2D eigenvalue weighted by Gasteiger charge is 2.14. The van der Waals surface area contributed by atoms with Crippen molar-refractivity contribution in [3.8, 4) is 5.75 Å². The number of nitrogens with two attached hydrogens (primary N) is 1. The molecule has 0 aliphatic rings. The number of hydrogen-bond acceptors (Lipinski definition) is 2. The van der Waals surface area contributed by atoms with Crippen LogP contribution in [0.2, 0.25) is 5.02 Å². The number of benzene rings is 1. The van der Waals surface area contributed by atoms with E-state index in [1.807, 2.05) is 19.1 Å². The third-order valence-corrected chi connectivity index (χ3v) is 3.94. The van der Waals surface area contributed by atoms with Gasteiger partial charge in [-0.3, -0.25) is 0 Å². The lowest BCUT2D eigenvalue weighted by molar-refractivity contribution is 0.403. The van der Waals surface area contributed by atoms with Crippen molar-refractivity contribution in [1.29, 1.82) is 0 Å². The van der Waals surface area contributed by atoms with Crippen LogP contribution in [0.25, 0.3) is 0 Å². The normalized spacial score (nSPS) is 14.3. The molecule has 0 saturated heterocycles. The van der Waals surface area contributed by atoms with Crippen LogP contribution in [0.3, 0.4) is 0 Å². The van der Waals surface area contributed by atoms with E-state index in [9.17, 15) is 0 Å². The lowest BCUT2D eigenvalue weighted by atomic mass is 9.92. The Hall–Kier alpha value is -0.730. The van der Waals surface area contributed by atoms with Gasteiger partial charge in [0.05, 0.1) is 7.11 Å². The summed E-state index contributed by atoms with van der Waals surface area (Å²) in [5, 5.41) is 0.803. The fraction of sp³-hybridized carbons (Fsp3) is 0.600. The van der Waals surface area contributed by atoms with Gasteiger partial charge in [-0.15, -0.1) is 0 Å². The van der Waals surface area contributed by atoms with Gasteiger partial charge in [0.2, 0.25) is 0 Å². The van der Waals surface area contributed by atoms with E-state index in [0.717, 1.165) is 35.6 Å². The zero-order valence-corrected chi connectivity index (χ0v) is 12.6. The number of aryl methyl sites for hydroxylation is 1. The van der Waals surface area contributed by atoms with Crippen LogP contribution in [-0.4, -0.2) is 13.2 Å². The van der Waals surface area contributed by atoms with Crippen molar-refractivity contribution in [2.24, 2.45) is 5.73 Å². The minimum atomic E-state index is 0.291. The van der Waals surface area contributed by atoms with Crippen LogP contribution in [0.4, 0.5) is 0 Å². The molecule has 18 heavy (non-hydrogen) atoms. The molecule has 0 spiro atoms. The van der Waals surface area contributed by atoms with Crippen LogP contribution in [0.5, 0.6) is 5.75 Å². The molecule has 2 atom stereocenters. The largest absolute Gasteiger partial charge is 0.496 e. The lowest BCUT2D eigenvalue weighted by Crippen LogP contribution is -2.19. The predicted octanol–water partition coefficient (Wildman–Crippen LogP) is 4.28. The molecular formula is C15H24ClNO. The first-order valence-electron chi connectivity index (χ1n) is 6.59. The predicted molar refractivity (Wildman–Crippen MR) is 78.7 cm³/mol. The van der Waals surface area contributed by atoms with Gasteiger partial charge in [-0.1, -0.05) is 25.4 Å². The van der Waals surface area contributed by atoms with Crippen molar-refractivity contribution in [1.82, 2.24) is 0 Å². The van der Waals surface area contributed by atoms with Crippen LogP contribution in [0, 0.1) is 6.92 Å². The third-order valence-electron chi connectivity index (χ3n) is 3.54. The van der Waals surface area contributed by atoms with E-state index in [-0.39, 0.29) is 0 Å². The second-order valence-electron chi connectivity index (χ2n) is 4.99. The summed E-state index contributed by atoms with van der Waals surface area (Å²) < 4.78 is 5.45. The summed E-state index contributed by atoms with van der Waals surface area (Å²) in [6.45, 7) is 6.32. The van der Waals surface area contributed by atoms with Gasteiger partial charge in [-0.25, -0.2) is 0 Å². The van der Waals surface area contributed by atoms with Crippen molar-refractivity contribution in [3.63, 3.8) is 0 Å². The molecule has 2 N–H and O–H groups in total. The second kappa shape index (κ2) is 7.01. The average Bonchev–Trinajstić information content (AvgIpc) is 2.37. The Balaban J connectivity index is 2.84. The molecule has 0 fully saturated rings. The topological polar surface area (TPSA) is 35.2 Å². The molecule has 0 aliphatic heterocycles. The van der Waals surface area contributed by atoms with Crippen LogP contribution in [0.15, 0.2) is 12.1 Å². The molecule has 0 radical (unpaired) electrons. The standard InChI is InChI=1S/C15H24ClNO/c1-5-12(17)7-6-10(2)13-9-14(16)11(3)8-15(13)18-4/h8-10,12H,5-7,17H2,1-4H3. The highest BCUT2D eigenvalue weighted by atomic mass is 35.5. The fourth-order valence-electron chi connectivity index (χ4n) is 2.06. The molecule has 2 unspecified atom stereocenters. The summed E-state index contributed by atoms with van der Waals surface area (Å²) in [4.78, 5) is 0. The van der Waals surface area contributed by atoms with E-state index in [1.54, 1.807) is 7.11 Å². The molecule has 0 saturated carbocycles. The maximum Gasteiger partial charge on any atom is 0.122 e. The van der Waals surface area contributed by atoms with Crippen LogP contribution < -0.4 is 10.5 Å². The maximum absolute atomic E-state index is 6.20. The monoisotopic (exact) mass is 269 g/mol. The van der Waals surface area contributed by atoms with Gasteiger partial charge in [0, 0.05) is 11.1 Å². The zero-order valence-electron chi connectivity index (χ0n) is 11.8. The Bertz CT molecular complexity index is 392. The molecular weight excluding hydrogens is 246 g/mol. The molecule has 1 rings (SSSR count). The Kier molecular flexibility index (Phi) is 5.97. The summed E-state index contributed by atoms with van der Waals surface area (Å²) in [7, 11) is 1.71. The Labute approximate surface area is 115 Å². The van der Waals surface area contributed by atoms with E-state index in [4.69, 9.17) is 22.1 Å². The number of rotatable bonds is 6. The van der Waals surface area contributed by atoms with Gasteiger partial charge in [0.1, 0.15) is 5.75 Å². The highest BCUT2D eigenvalue weighted by molar-refractivity contribution is 6.31. The Morgan fingerprint density at radius 2 is 2.00 bits per heavy atom. The van der Waals surface area contributed by atoms with Gasteiger partial charge in [0.25, 0.3) is 0 Å². The number of hydrogen-bond donors (Lipinski definition) is 1. The molecule has 3 heteroatoms. The van der Waals surface area contributed by atoms with E-state index < -0.39 is 0 Å². The summed E-state index contributed by atoms with van der Waals surface area (Å²) in [5.74, 6) is 1.34. The van der Waals surface area contributed by atoms with Crippen LogP contribution in [0.1, 0.15) is 50.2 Å². The van der Waals surface area contributed by atoms with Crippen LogP contribution in [-0.2, 0) is 0 Å². The van der Waals surface area contributed by atoms with Gasteiger partial charge in [0.15, 0.2) is 0 Å². The smallest absolute Gasteiger partial charge is 0.122 e. The first-order valence-corrected chi connectivity index (χ1v) is 6.97. The molecule has 0 amide bonds. The van der Waals surface area contributed by atoms with E-state index in [1.165, 1.54) is 5.56 Å². The molecule has 1 aromatic carbocycles. The number of halogens is 1. The first kappa shape index (κ1) is 15.3. The molecule has 0 aliphatic carbocycles. The van der Waals surface area contributed by atoms with Gasteiger partial charge >= 0.3 is 0 Å². The summed E-state index contributed by atoms with van der Waals surface area (Å²) in [5.41, 5.74) is 8.19. The van der Waals surface area contributed by atoms with E-state index in [2.05, 4.69) is 13.8 Å². The van der Waals surface area contributed by atoms with Gasteiger partial charge in [-0.2, -0.15) is 0 Å². The minimum Gasteiger partial charge on any atom is -0.496 e. The quantitative estimate of drug-likeness (QED) is 0.837. The SMILES string of the molecule is CCC(N)CCC(C)c1cc(Cl)c(C)cc1OC. The van der Waals surface area contributed by atoms with Crippen molar-refractivity contribution in [3.05, 3.63) is 28.3 Å². The minimum absolute atomic E-state index is 0.291. The number of methoxy groups -OCH3 is 1. The highest BCUT2D eigenvalue weighted by Crippen LogP contribution is 2.34. The molecule has 1 aromatic rings. The van der Waals surface area contributed by atoms with Crippen molar-refractivity contribution in [2.75, 3.05) is 7.11 Å². The summed E-state index contributed by atoms with van der Waals surface area (Å²) in [6, 6.07) is 4.32. The van der Waals surface area contributed by atoms with Crippen molar-refractivity contribution >= 4 is 11.6 Å². The molecule has 2 nitrogen and oxygen atoms in total. The zero-order chi connectivity index (χ0) is 13.7. The fourth-order valence-corrected chi connectivity index (χ4v) is 2.23. The second-order valence-corrected chi connectivity index (χ2v) is 5.40. The molecule has 0 aromatic heterocycles.